The zero-order valence-electron chi connectivity index (χ0n) is 13.2. The minimum Gasteiger partial charge on any atom is -0.378 e. The highest BCUT2D eigenvalue weighted by molar-refractivity contribution is 4.75. The van der Waals surface area contributed by atoms with Crippen molar-refractivity contribution in [1.29, 1.82) is 0 Å². The van der Waals surface area contributed by atoms with E-state index in [-0.39, 0.29) is 0 Å². The van der Waals surface area contributed by atoms with E-state index in [1.165, 1.54) is 32.6 Å². The molecule has 1 rings (SSSR count). The van der Waals surface area contributed by atoms with Crippen molar-refractivity contribution in [2.45, 2.75) is 46.3 Å². The first-order chi connectivity index (χ1) is 9.13. The van der Waals surface area contributed by atoms with Crippen LogP contribution < -0.4 is 0 Å². The molecule has 1 heterocycles. The summed E-state index contributed by atoms with van der Waals surface area (Å²) in [6.07, 6.45) is 1.55. The van der Waals surface area contributed by atoms with Crippen LogP contribution in [0.15, 0.2) is 0 Å². The summed E-state index contributed by atoms with van der Waals surface area (Å²) < 4.78 is 11.0. The van der Waals surface area contributed by atoms with Gasteiger partial charge in [0.25, 0.3) is 0 Å². The van der Waals surface area contributed by atoms with Crippen molar-refractivity contribution < 1.29 is 9.47 Å². The van der Waals surface area contributed by atoms with Crippen LogP contribution in [0.4, 0.5) is 0 Å². The van der Waals surface area contributed by atoms with Gasteiger partial charge < -0.3 is 9.47 Å². The summed E-state index contributed by atoms with van der Waals surface area (Å²) in [5.74, 6) is 0. The zero-order valence-corrected chi connectivity index (χ0v) is 13.2. The second-order valence-corrected chi connectivity index (χ2v) is 5.67. The highest BCUT2D eigenvalue weighted by atomic mass is 16.5. The van der Waals surface area contributed by atoms with E-state index < -0.39 is 0 Å². The minimum absolute atomic E-state index is 0.303. The molecule has 19 heavy (non-hydrogen) atoms. The van der Waals surface area contributed by atoms with Crippen molar-refractivity contribution in [1.82, 2.24) is 9.80 Å². The highest BCUT2D eigenvalue weighted by Crippen LogP contribution is 2.08. The molecule has 1 unspecified atom stereocenters. The Bertz CT molecular complexity index is 216. The molecule has 114 valence electrons. The molecule has 0 aromatic carbocycles. The number of hydrogen-bond donors (Lipinski definition) is 0. The second kappa shape index (κ2) is 9.70. The van der Waals surface area contributed by atoms with Crippen LogP contribution in [-0.2, 0) is 9.47 Å². The fraction of sp³-hybridized carbons (Fsp3) is 1.00. The maximum atomic E-state index is 5.60. The van der Waals surface area contributed by atoms with Crippen molar-refractivity contribution in [2.75, 3.05) is 52.5 Å². The van der Waals surface area contributed by atoms with Gasteiger partial charge in [0, 0.05) is 38.8 Å². The number of ether oxygens (including phenoxy) is 2. The lowest BCUT2D eigenvalue weighted by Crippen LogP contribution is -2.50. The Labute approximate surface area is 119 Å². The molecule has 0 aromatic heterocycles. The topological polar surface area (TPSA) is 24.9 Å². The quantitative estimate of drug-likeness (QED) is 0.598. The second-order valence-electron chi connectivity index (χ2n) is 5.67. The fourth-order valence-corrected chi connectivity index (χ4v) is 2.32. The summed E-state index contributed by atoms with van der Waals surface area (Å²) >= 11 is 0. The molecule has 4 heteroatoms. The number of nitrogens with zero attached hydrogens (tertiary/aromatic N) is 2. The van der Waals surface area contributed by atoms with Gasteiger partial charge in [0.15, 0.2) is 0 Å². The first kappa shape index (κ1) is 16.9. The molecule has 0 bridgehead atoms. The van der Waals surface area contributed by atoms with Gasteiger partial charge in [-0.25, -0.2) is 0 Å². The van der Waals surface area contributed by atoms with Crippen LogP contribution >= 0.6 is 0 Å². The van der Waals surface area contributed by atoms with Gasteiger partial charge in [-0.2, -0.15) is 0 Å². The Morgan fingerprint density at radius 3 is 2.21 bits per heavy atom. The fourth-order valence-electron chi connectivity index (χ4n) is 2.32. The van der Waals surface area contributed by atoms with Crippen molar-refractivity contribution in [3.8, 4) is 0 Å². The zero-order chi connectivity index (χ0) is 14.1. The van der Waals surface area contributed by atoms with E-state index in [1.54, 1.807) is 0 Å². The van der Waals surface area contributed by atoms with Crippen LogP contribution in [-0.4, -0.2) is 74.5 Å². The first-order valence-corrected chi connectivity index (χ1v) is 7.79. The third-order valence-electron chi connectivity index (χ3n) is 3.85. The van der Waals surface area contributed by atoms with Crippen LogP contribution in [0.5, 0.6) is 0 Å². The van der Waals surface area contributed by atoms with Crippen LogP contribution in [0.25, 0.3) is 0 Å². The Morgan fingerprint density at radius 2 is 1.63 bits per heavy atom. The largest absolute Gasteiger partial charge is 0.378 e. The monoisotopic (exact) mass is 272 g/mol. The molecular weight excluding hydrogens is 240 g/mol. The number of hydrogen-bond acceptors (Lipinski definition) is 4. The van der Waals surface area contributed by atoms with Gasteiger partial charge in [-0.1, -0.05) is 6.92 Å². The smallest absolute Gasteiger partial charge is 0.0703 e. The SMILES string of the molecule is CCC(C)N1CCN(CCOCCOC(C)C)CC1. The van der Waals surface area contributed by atoms with Gasteiger partial charge in [-0.05, 0) is 27.2 Å². The van der Waals surface area contributed by atoms with Crippen molar-refractivity contribution in [3.05, 3.63) is 0 Å². The van der Waals surface area contributed by atoms with Crippen LogP contribution in [0.3, 0.4) is 0 Å². The van der Waals surface area contributed by atoms with Gasteiger partial charge in [-0.3, -0.25) is 9.80 Å². The summed E-state index contributed by atoms with van der Waals surface area (Å²) in [4.78, 5) is 5.09. The lowest BCUT2D eigenvalue weighted by atomic mass is 10.2. The van der Waals surface area contributed by atoms with Crippen LogP contribution in [0.2, 0.25) is 0 Å². The van der Waals surface area contributed by atoms with Gasteiger partial charge in [0.05, 0.1) is 25.9 Å². The summed E-state index contributed by atoms with van der Waals surface area (Å²) in [6.45, 7) is 16.7. The van der Waals surface area contributed by atoms with E-state index >= 15 is 0 Å². The van der Waals surface area contributed by atoms with Gasteiger partial charge >= 0.3 is 0 Å². The van der Waals surface area contributed by atoms with Crippen LogP contribution in [0, 0.1) is 0 Å². The minimum atomic E-state index is 0.303. The molecule has 0 aliphatic carbocycles. The van der Waals surface area contributed by atoms with E-state index in [1.807, 2.05) is 0 Å². The third kappa shape index (κ3) is 7.25. The molecule has 0 aromatic rings. The molecule has 0 amide bonds. The summed E-state index contributed by atoms with van der Waals surface area (Å²) in [6, 6.07) is 0.728. The maximum Gasteiger partial charge on any atom is 0.0703 e. The molecule has 1 aliphatic heterocycles. The molecule has 4 nitrogen and oxygen atoms in total. The normalized spacial score (nSPS) is 20.1. The van der Waals surface area contributed by atoms with E-state index in [9.17, 15) is 0 Å². The van der Waals surface area contributed by atoms with E-state index in [0.717, 1.165) is 19.2 Å². The first-order valence-electron chi connectivity index (χ1n) is 7.79. The Morgan fingerprint density at radius 1 is 0.947 bits per heavy atom. The lowest BCUT2D eigenvalue weighted by Gasteiger charge is -2.37. The van der Waals surface area contributed by atoms with Gasteiger partial charge in [0.1, 0.15) is 0 Å². The van der Waals surface area contributed by atoms with E-state index in [4.69, 9.17) is 9.47 Å². The van der Waals surface area contributed by atoms with Gasteiger partial charge in [0.2, 0.25) is 0 Å². The van der Waals surface area contributed by atoms with E-state index in [2.05, 4.69) is 37.5 Å². The van der Waals surface area contributed by atoms with Crippen molar-refractivity contribution >= 4 is 0 Å². The van der Waals surface area contributed by atoms with Gasteiger partial charge in [-0.15, -0.1) is 0 Å². The standard InChI is InChI=1S/C15H32N2O2/c1-5-15(4)17-8-6-16(7-9-17)10-11-18-12-13-19-14(2)3/h14-15H,5-13H2,1-4H3. The molecule has 0 saturated carbocycles. The van der Waals surface area contributed by atoms with E-state index in [0.29, 0.717) is 19.3 Å². The molecule has 0 radical (unpaired) electrons. The Kier molecular flexibility index (Phi) is 8.62. The predicted octanol–water partition coefficient (Wildman–Crippen LogP) is 1.84. The number of piperazine rings is 1. The molecule has 1 aliphatic rings. The molecule has 0 spiro atoms. The molecule has 1 atom stereocenters. The third-order valence-corrected chi connectivity index (χ3v) is 3.85. The average Bonchev–Trinajstić information content (AvgIpc) is 2.42. The molecule has 1 fully saturated rings. The summed E-state index contributed by atoms with van der Waals surface area (Å²) in [5.41, 5.74) is 0. The molecule has 0 N–H and O–H groups in total. The maximum absolute atomic E-state index is 5.60. The summed E-state index contributed by atoms with van der Waals surface area (Å²) in [5, 5.41) is 0. The summed E-state index contributed by atoms with van der Waals surface area (Å²) in [7, 11) is 0. The average molecular weight is 272 g/mol. The number of rotatable bonds is 9. The lowest BCUT2D eigenvalue weighted by molar-refractivity contribution is 0.00898. The molecule has 1 saturated heterocycles. The van der Waals surface area contributed by atoms with Crippen molar-refractivity contribution in [2.24, 2.45) is 0 Å². The Balaban J connectivity index is 1.98. The predicted molar refractivity (Wildman–Crippen MR) is 79.7 cm³/mol. The Hall–Kier alpha value is -0.160. The highest BCUT2D eigenvalue weighted by Gasteiger charge is 2.19. The van der Waals surface area contributed by atoms with Crippen molar-refractivity contribution in [3.63, 3.8) is 0 Å². The molecular formula is C15H32N2O2. The van der Waals surface area contributed by atoms with Crippen LogP contribution in [0.1, 0.15) is 34.1 Å².